The van der Waals surface area contributed by atoms with Crippen molar-refractivity contribution in [2.45, 2.75) is 13.0 Å². The number of phenols is 1. The summed E-state index contributed by atoms with van der Waals surface area (Å²) in [5.74, 6) is 0.407. The standard InChI is InChI=1S/C19H15N5O/c1-2-6-24-10-11(9-22-24)17-14-7-13-12(4-3-5-16(13)25)18(14)23-19(21)15(17)8-20/h2-5,9-10,25H,1,6-7H2,(H2,21,23). The van der Waals surface area contributed by atoms with Gasteiger partial charge in [0.15, 0.2) is 0 Å². The van der Waals surface area contributed by atoms with Crippen molar-refractivity contribution in [2.24, 2.45) is 0 Å². The van der Waals surface area contributed by atoms with Crippen LogP contribution in [0.3, 0.4) is 0 Å². The lowest BCUT2D eigenvalue weighted by Crippen LogP contribution is -2.02. The molecule has 0 radical (unpaired) electrons. The van der Waals surface area contributed by atoms with E-state index in [1.54, 1.807) is 29.1 Å². The predicted octanol–water partition coefficient (Wildman–Crippen LogP) is 2.86. The Bertz CT molecular complexity index is 1060. The maximum Gasteiger partial charge on any atom is 0.142 e. The Morgan fingerprint density at radius 3 is 3.00 bits per heavy atom. The van der Waals surface area contributed by atoms with Crippen LogP contribution in [0.2, 0.25) is 0 Å². The van der Waals surface area contributed by atoms with Crippen LogP contribution < -0.4 is 5.73 Å². The lowest BCUT2D eigenvalue weighted by molar-refractivity contribution is 0.470. The molecule has 0 amide bonds. The molecule has 0 saturated carbocycles. The van der Waals surface area contributed by atoms with Gasteiger partial charge in [0.1, 0.15) is 23.2 Å². The van der Waals surface area contributed by atoms with E-state index in [2.05, 4.69) is 22.7 Å². The van der Waals surface area contributed by atoms with Crippen LogP contribution >= 0.6 is 0 Å². The first-order valence-corrected chi connectivity index (χ1v) is 7.81. The zero-order chi connectivity index (χ0) is 17.6. The predicted molar refractivity (Wildman–Crippen MR) is 94.7 cm³/mol. The van der Waals surface area contributed by atoms with Gasteiger partial charge in [0.05, 0.1) is 18.4 Å². The van der Waals surface area contributed by atoms with Crippen LogP contribution in [0.15, 0.2) is 43.2 Å². The summed E-state index contributed by atoms with van der Waals surface area (Å²) < 4.78 is 1.74. The Kier molecular flexibility index (Phi) is 3.29. The maximum atomic E-state index is 10.2. The fraction of sp³-hybridized carbons (Fsp3) is 0.105. The molecule has 0 bridgehead atoms. The van der Waals surface area contributed by atoms with Gasteiger partial charge in [-0.15, -0.1) is 6.58 Å². The van der Waals surface area contributed by atoms with Crippen LogP contribution in [0.5, 0.6) is 5.75 Å². The SMILES string of the molecule is C=CCn1cc(-c2c(C#N)c(N)nc3c2Cc2c(O)cccc2-3)cn1. The molecule has 6 heteroatoms. The molecule has 6 nitrogen and oxygen atoms in total. The van der Waals surface area contributed by atoms with Crippen molar-refractivity contribution < 1.29 is 5.11 Å². The van der Waals surface area contributed by atoms with Crippen molar-refractivity contribution in [3.05, 3.63) is 59.9 Å². The van der Waals surface area contributed by atoms with Crippen LogP contribution in [0.1, 0.15) is 16.7 Å². The lowest BCUT2D eigenvalue weighted by atomic mass is 9.96. The van der Waals surface area contributed by atoms with E-state index in [1.807, 2.05) is 12.3 Å². The molecule has 0 unspecified atom stereocenters. The summed E-state index contributed by atoms with van der Waals surface area (Å²) in [5, 5.41) is 24.1. The number of hydrogen-bond acceptors (Lipinski definition) is 5. The second-order valence-corrected chi connectivity index (χ2v) is 5.91. The van der Waals surface area contributed by atoms with E-state index in [4.69, 9.17) is 5.73 Å². The summed E-state index contributed by atoms with van der Waals surface area (Å²) >= 11 is 0. The third-order valence-corrected chi connectivity index (χ3v) is 4.44. The van der Waals surface area contributed by atoms with Gasteiger partial charge in [-0.1, -0.05) is 18.2 Å². The lowest BCUT2D eigenvalue weighted by Gasteiger charge is -2.11. The van der Waals surface area contributed by atoms with Crippen LogP contribution in [-0.4, -0.2) is 19.9 Å². The molecule has 0 fully saturated rings. The van der Waals surface area contributed by atoms with Gasteiger partial charge in [0.2, 0.25) is 0 Å². The minimum Gasteiger partial charge on any atom is -0.508 e. The summed E-state index contributed by atoms with van der Waals surface area (Å²) in [6.07, 6.45) is 5.82. The van der Waals surface area contributed by atoms with Crippen LogP contribution in [0.25, 0.3) is 22.4 Å². The smallest absolute Gasteiger partial charge is 0.142 e. The molecule has 2 heterocycles. The second-order valence-electron chi connectivity index (χ2n) is 5.91. The normalized spacial score (nSPS) is 11.6. The average Bonchev–Trinajstić information content (AvgIpc) is 3.20. The highest BCUT2D eigenvalue weighted by Crippen LogP contribution is 2.45. The Balaban J connectivity index is 1.99. The number of phenolic OH excluding ortho intramolecular Hbond substituents is 1. The average molecular weight is 329 g/mol. The molecule has 25 heavy (non-hydrogen) atoms. The van der Waals surface area contributed by atoms with E-state index in [-0.39, 0.29) is 11.6 Å². The Morgan fingerprint density at radius 1 is 1.40 bits per heavy atom. The summed E-state index contributed by atoms with van der Waals surface area (Å²) in [5.41, 5.74) is 11.2. The second kappa shape index (κ2) is 5.49. The number of nitrogen functional groups attached to an aromatic ring is 1. The molecule has 0 saturated heterocycles. The fourth-order valence-corrected chi connectivity index (χ4v) is 3.35. The van der Waals surface area contributed by atoms with Gasteiger partial charge in [-0.05, 0) is 11.6 Å². The van der Waals surface area contributed by atoms with Crippen molar-refractivity contribution in [3.8, 4) is 34.2 Å². The fourth-order valence-electron chi connectivity index (χ4n) is 3.35. The number of nitriles is 1. The summed E-state index contributed by atoms with van der Waals surface area (Å²) in [7, 11) is 0. The van der Waals surface area contributed by atoms with Gasteiger partial charge in [-0.2, -0.15) is 10.4 Å². The molecular formula is C19H15N5O. The van der Waals surface area contributed by atoms with Gasteiger partial charge in [-0.3, -0.25) is 4.68 Å². The molecule has 0 spiro atoms. The largest absolute Gasteiger partial charge is 0.508 e. The van der Waals surface area contributed by atoms with Gasteiger partial charge in [0, 0.05) is 34.9 Å². The van der Waals surface area contributed by atoms with E-state index in [9.17, 15) is 10.4 Å². The van der Waals surface area contributed by atoms with E-state index in [1.165, 1.54) is 0 Å². The molecular weight excluding hydrogens is 314 g/mol. The number of rotatable bonds is 3. The first kappa shape index (κ1) is 15.0. The number of allylic oxidation sites excluding steroid dienone is 1. The minimum atomic E-state index is 0.184. The van der Waals surface area contributed by atoms with Gasteiger partial charge < -0.3 is 10.8 Å². The Hall–Kier alpha value is -3.59. The number of aromatic hydroxyl groups is 1. The molecule has 3 aromatic rings. The maximum absolute atomic E-state index is 10.2. The number of aromatic nitrogens is 3. The summed E-state index contributed by atoms with van der Waals surface area (Å²) in [4.78, 5) is 4.44. The van der Waals surface area contributed by atoms with Crippen molar-refractivity contribution >= 4 is 5.82 Å². The Labute approximate surface area is 144 Å². The molecule has 0 aliphatic heterocycles. The number of nitrogens with two attached hydrogens (primary N) is 1. The number of fused-ring (bicyclic) bond motifs is 3. The molecule has 0 atom stereocenters. The highest BCUT2D eigenvalue weighted by atomic mass is 16.3. The van der Waals surface area contributed by atoms with Crippen molar-refractivity contribution in [1.82, 2.24) is 14.8 Å². The zero-order valence-corrected chi connectivity index (χ0v) is 13.4. The number of benzene rings is 1. The number of hydrogen-bond donors (Lipinski definition) is 2. The van der Waals surface area contributed by atoms with Gasteiger partial charge >= 0.3 is 0 Å². The van der Waals surface area contributed by atoms with Gasteiger partial charge in [0.25, 0.3) is 0 Å². The molecule has 3 N–H and O–H groups in total. The summed E-state index contributed by atoms with van der Waals surface area (Å²) in [6, 6.07) is 7.51. The molecule has 122 valence electrons. The van der Waals surface area contributed by atoms with E-state index in [0.717, 1.165) is 27.8 Å². The van der Waals surface area contributed by atoms with Crippen molar-refractivity contribution in [3.63, 3.8) is 0 Å². The van der Waals surface area contributed by atoms with Crippen LogP contribution in [0.4, 0.5) is 5.82 Å². The molecule has 1 aliphatic rings. The molecule has 1 aliphatic carbocycles. The van der Waals surface area contributed by atoms with E-state index < -0.39 is 0 Å². The van der Waals surface area contributed by atoms with Crippen molar-refractivity contribution in [1.29, 1.82) is 5.26 Å². The first-order chi connectivity index (χ1) is 12.1. The topological polar surface area (TPSA) is 101 Å². The molecule has 2 aromatic heterocycles. The van der Waals surface area contributed by atoms with Crippen molar-refractivity contribution in [2.75, 3.05) is 5.73 Å². The van der Waals surface area contributed by atoms with Gasteiger partial charge in [-0.25, -0.2) is 4.98 Å². The highest BCUT2D eigenvalue weighted by molar-refractivity contribution is 5.88. The van der Waals surface area contributed by atoms with E-state index >= 15 is 0 Å². The Morgan fingerprint density at radius 2 is 2.24 bits per heavy atom. The van der Waals surface area contributed by atoms with Crippen LogP contribution in [0, 0.1) is 11.3 Å². The highest BCUT2D eigenvalue weighted by Gasteiger charge is 2.29. The number of pyridine rings is 1. The number of anilines is 1. The number of nitrogens with zero attached hydrogens (tertiary/aromatic N) is 4. The molecule has 4 rings (SSSR count). The monoisotopic (exact) mass is 329 g/mol. The zero-order valence-electron chi connectivity index (χ0n) is 13.4. The van der Waals surface area contributed by atoms with E-state index in [0.29, 0.717) is 24.2 Å². The third-order valence-electron chi connectivity index (χ3n) is 4.44. The summed E-state index contributed by atoms with van der Waals surface area (Å²) in [6.45, 7) is 4.28. The quantitative estimate of drug-likeness (QED) is 0.563. The minimum absolute atomic E-state index is 0.184. The van der Waals surface area contributed by atoms with Crippen LogP contribution in [-0.2, 0) is 13.0 Å². The third kappa shape index (κ3) is 2.17. The molecule has 1 aromatic carbocycles. The first-order valence-electron chi connectivity index (χ1n) is 7.81.